The van der Waals surface area contributed by atoms with Crippen LogP contribution in [0, 0.1) is 0 Å². The molecule has 0 rings (SSSR count). The molecule has 0 nitrogen and oxygen atoms in total. The van der Waals surface area contributed by atoms with Crippen LogP contribution < -0.4 is 0 Å². The summed E-state index contributed by atoms with van der Waals surface area (Å²) in [5.74, 6) is 0. The van der Waals surface area contributed by atoms with Crippen molar-refractivity contribution >= 4 is 0 Å². The number of unbranched alkanes of at least 4 members (excludes halogenated alkanes) is 1. The van der Waals surface area contributed by atoms with Crippen molar-refractivity contribution in [3.63, 3.8) is 0 Å². The predicted molar refractivity (Wildman–Crippen MR) is 149 cm³/mol. The molecule has 0 saturated carbocycles. The summed E-state index contributed by atoms with van der Waals surface area (Å²) in [6, 6.07) is 0. The second-order valence-electron chi connectivity index (χ2n) is 9.24. The molecule has 0 atom stereocenters. The molecule has 0 heteroatoms. The number of allylic oxidation sites excluding steroid dienone is 14. The highest BCUT2D eigenvalue weighted by Crippen LogP contribution is 2.14. The molecular formula is C32H50. The van der Waals surface area contributed by atoms with Gasteiger partial charge in [-0.3, -0.25) is 0 Å². The monoisotopic (exact) mass is 434 g/mol. The molecule has 0 radical (unpaired) electrons. The molecule has 0 aromatic heterocycles. The van der Waals surface area contributed by atoms with Crippen LogP contribution >= 0.6 is 0 Å². The lowest BCUT2D eigenvalue weighted by Crippen LogP contribution is -1.82. The molecule has 32 heavy (non-hydrogen) atoms. The van der Waals surface area contributed by atoms with Gasteiger partial charge in [0.25, 0.3) is 0 Å². The first-order valence-electron chi connectivity index (χ1n) is 12.5. The Bertz CT molecular complexity index is 664. The molecule has 0 amide bonds. The fourth-order valence-electron chi connectivity index (χ4n) is 3.38. The Hall–Kier alpha value is -2.08. The summed E-state index contributed by atoms with van der Waals surface area (Å²) in [7, 11) is 0. The molecule has 0 unspecified atom stereocenters. The van der Waals surface area contributed by atoms with E-state index in [2.05, 4.69) is 91.2 Å². The van der Waals surface area contributed by atoms with E-state index in [9.17, 15) is 0 Å². The normalized spacial score (nSPS) is 14.7. The maximum atomic E-state index is 3.80. The predicted octanol–water partition coefficient (Wildman–Crippen LogP) is 10.9. The molecule has 0 spiro atoms. The van der Waals surface area contributed by atoms with Crippen LogP contribution in [0.2, 0.25) is 0 Å². The minimum atomic E-state index is 1.11. The van der Waals surface area contributed by atoms with Crippen molar-refractivity contribution in [1.29, 1.82) is 0 Å². The number of rotatable bonds is 17. The Kier molecular flexibility index (Phi) is 18.3. The summed E-state index contributed by atoms with van der Waals surface area (Å²) in [6.07, 6.45) is 29.5. The second kappa shape index (κ2) is 19.6. The van der Waals surface area contributed by atoms with Crippen LogP contribution in [0.25, 0.3) is 0 Å². The quantitative estimate of drug-likeness (QED) is 0.121. The van der Waals surface area contributed by atoms with Gasteiger partial charge in [-0.1, -0.05) is 95.2 Å². The fraction of sp³-hybridized carbons (Fsp3) is 0.500. The number of hydrogen-bond acceptors (Lipinski definition) is 0. The molecule has 0 aromatic carbocycles. The van der Waals surface area contributed by atoms with E-state index in [0.29, 0.717) is 0 Å². The lowest BCUT2D eigenvalue weighted by atomic mass is 10.0. The van der Waals surface area contributed by atoms with Crippen LogP contribution in [0.5, 0.6) is 0 Å². The third kappa shape index (κ3) is 18.7. The van der Waals surface area contributed by atoms with E-state index in [4.69, 9.17) is 0 Å². The van der Waals surface area contributed by atoms with E-state index in [1.54, 1.807) is 0 Å². The SMILES string of the molecule is C=C/C(C)=C\CC/C(C)=C/CC/C(C)=C/CC/C=C(\C)CC/C=C(\C)CC/C=C(\C)C=C. The Morgan fingerprint density at radius 1 is 0.406 bits per heavy atom. The molecule has 0 saturated heterocycles. The van der Waals surface area contributed by atoms with Gasteiger partial charge in [-0.2, -0.15) is 0 Å². The van der Waals surface area contributed by atoms with Gasteiger partial charge in [0, 0.05) is 0 Å². The molecular weight excluding hydrogens is 384 g/mol. The van der Waals surface area contributed by atoms with Crippen molar-refractivity contribution in [2.45, 2.75) is 106 Å². The smallest absolute Gasteiger partial charge is 0.0288 e. The van der Waals surface area contributed by atoms with Crippen LogP contribution in [0.15, 0.2) is 95.2 Å². The van der Waals surface area contributed by atoms with Crippen molar-refractivity contribution in [2.24, 2.45) is 0 Å². The summed E-state index contributed by atoms with van der Waals surface area (Å²) in [4.78, 5) is 0. The second-order valence-corrected chi connectivity index (χ2v) is 9.24. The molecule has 0 heterocycles. The van der Waals surface area contributed by atoms with E-state index in [-0.39, 0.29) is 0 Å². The van der Waals surface area contributed by atoms with Crippen LogP contribution in [0.4, 0.5) is 0 Å². The van der Waals surface area contributed by atoms with Gasteiger partial charge in [-0.05, 0) is 106 Å². The molecule has 0 N–H and O–H groups in total. The summed E-state index contributed by atoms with van der Waals surface area (Å²) in [6.45, 7) is 20.9. The molecule has 178 valence electrons. The van der Waals surface area contributed by atoms with Gasteiger partial charge < -0.3 is 0 Å². The van der Waals surface area contributed by atoms with E-state index in [1.807, 2.05) is 12.2 Å². The number of hydrogen-bond donors (Lipinski definition) is 0. The average Bonchev–Trinajstić information content (AvgIpc) is 2.76. The summed E-state index contributed by atoms with van der Waals surface area (Å²) < 4.78 is 0. The lowest BCUT2D eigenvalue weighted by Gasteiger charge is -2.03. The van der Waals surface area contributed by atoms with Gasteiger partial charge in [0.05, 0.1) is 0 Å². The summed E-state index contributed by atoms with van der Waals surface area (Å²) >= 11 is 0. The average molecular weight is 435 g/mol. The maximum absolute atomic E-state index is 3.80. The first-order chi connectivity index (χ1) is 15.3. The van der Waals surface area contributed by atoms with Crippen molar-refractivity contribution < 1.29 is 0 Å². The topological polar surface area (TPSA) is 0 Å². The Balaban J connectivity index is 4.10. The highest BCUT2D eigenvalue weighted by molar-refractivity contribution is 5.14. The Morgan fingerprint density at radius 2 is 0.656 bits per heavy atom. The third-order valence-corrected chi connectivity index (χ3v) is 5.87. The van der Waals surface area contributed by atoms with Crippen LogP contribution in [-0.4, -0.2) is 0 Å². The van der Waals surface area contributed by atoms with E-state index in [0.717, 1.165) is 51.4 Å². The van der Waals surface area contributed by atoms with Crippen LogP contribution in [-0.2, 0) is 0 Å². The minimum Gasteiger partial charge on any atom is -0.0988 e. The first-order valence-corrected chi connectivity index (χ1v) is 12.5. The minimum absolute atomic E-state index is 1.11. The molecule has 0 aliphatic carbocycles. The standard InChI is InChI=1S/C32H50/c1-9-27(3)19-13-21-31(7)25-15-23-29(5)17-11-12-18-30(6)24-16-26-32(8)22-14-20-28(4)10-2/h9-10,17-20,25-26H,1-2,11-16,21-24H2,3-8H3/b27-19-,28-20+,29-17+,30-18+,31-25+,32-26+. The van der Waals surface area contributed by atoms with Crippen molar-refractivity contribution in [1.82, 2.24) is 0 Å². The Labute approximate surface area is 201 Å². The molecule has 0 bridgehead atoms. The van der Waals surface area contributed by atoms with E-state index < -0.39 is 0 Å². The van der Waals surface area contributed by atoms with E-state index in [1.165, 1.54) is 46.3 Å². The molecule has 0 fully saturated rings. The van der Waals surface area contributed by atoms with Gasteiger partial charge in [-0.15, -0.1) is 0 Å². The maximum Gasteiger partial charge on any atom is -0.0288 e. The zero-order valence-corrected chi connectivity index (χ0v) is 22.1. The molecule has 0 aromatic rings. The highest BCUT2D eigenvalue weighted by Gasteiger charge is 1.94. The lowest BCUT2D eigenvalue weighted by molar-refractivity contribution is 0.897. The van der Waals surface area contributed by atoms with Gasteiger partial charge in [0.2, 0.25) is 0 Å². The summed E-state index contributed by atoms with van der Waals surface area (Å²) in [5.41, 5.74) is 8.57. The first kappa shape index (κ1) is 29.9. The van der Waals surface area contributed by atoms with Crippen LogP contribution in [0.3, 0.4) is 0 Å². The van der Waals surface area contributed by atoms with Crippen molar-refractivity contribution in [3.8, 4) is 0 Å². The van der Waals surface area contributed by atoms with Crippen LogP contribution in [0.1, 0.15) is 106 Å². The van der Waals surface area contributed by atoms with Gasteiger partial charge >= 0.3 is 0 Å². The van der Waals surface area contributed by atoms with Gasteiger partial charge in [-0.25, -0.2) is 0 Å². The molecule has 0 aliphatic heterocycles. The summed E-state index contributed by atoms with van der Waals surface area (Å²) in [5, 5.41) is 0. The molecule has 0 aliphatic rings. The van der Waals surface area contributed by atoms with Crippen molar-refractivity contribution in [3.05, 3.63) is 95.2 Å². The largest absolute Gasteiger partial charge is 0.0988 e. The van der Waals surface area contributed by atoms with Gasteiger partial charge in [0.1, 0.15) is 0 Å². The zero-order chi connectivity index (χ0) is 24.2. The van der Waals surface area contributed by atoms with Crippen molar-refractivity contribution in [2.75, 3.05) is 0 Å². The highest BCUT2D eigenvalue weighted by atomic mass is 14.0. The fourth-order valence-corrected chi connectivity index (χ4v) is 3.38. The van der Waals surface area contributed by atoms with Gasteiger partial charge in [0.15, 0.2) is 0 Å². The Morgan fingerprint density at radius 3 is 0.938 bits per heavy atom. The third-order valence-electron chi connectivity index (χ3n) is 5.87. The van der Waals surface area contributed by atoms with E-state index >= 15 is 0 Å². The zero-order valence-electron chi connectivity index (χ0n) is 22.1.